The van der Waals surface area contributed by atoms with Crippen LogP contribution in [-0.2, 0) is 0 Å². The molecule has 1 aliphatic rings. The Kier molecular flexibility index (Phi) is 5.72. The molecule has 1 saturated carbocycles. The number of nitrogens with zero attached hydrogens (tertiary/aromatic N) is 1. The van der Waals surface area contributed by atoms with E-state index in [4.69, 9.17) is 0 Å². The van der Waals surface area contributed by atoms with E-state index in [-0.39, 0.29) is 23.7 Å². The van der Waals surface area contributed by atoms with Gasteiger partial charge in [0.1, 0.15) is 5.56 Å². The second-order valence-electron chi connectivity index (χ2n) is 4.26. The van der Waals surface area contributed by atoms with Crippen LogP contribution in [-0.4, -0.2) is 30.0 Å². The van der Waals surface area contributed by atoms with Crippen LogP contribution < -0.4 is 10.6 Å². The Hall–Kier alpha value is -1.66. The van der Waals surface area contributed by atoms with Gasteiger partial charge in [-0.15, -0.1) is 12.4 Å². The minimum Gasteiger partial charge on any atom is -0.351 e. The summed E-state index contributed by atoms with van der Waals surface area (Å²) in [4.78, 5) is 22.0. The highest BCUT2D eigenvalue weighted by molar-refractivity contribution is 5.98. The lowest BCUT2D eigenvalue weighted by Crippen LogP contribution is -2.32. The summed E-state index contributed by atoms with van der Waals surface area (Å²) in [5.74, 6) is -0.403. The van der Waals surface area contributed by atoms with E-state index in [1.54, 1.807) is 12.1 Å². The van der Waals surface area contributed by atoms with Crippen molar-refractivity contribution in [1.82, 2.24) is 10.6 Å². The molecule has 104 valence electrons. The van der Waals surface area contributed by atoms with Gasteiger partial charge in [0.15, 0.2) is 0 Å². The van der Waals surface area contributed by atoms with Gasteiger partial charge in [-0.2, -0.15) is 0 Å². The zero-order valence-electron chi connectivity index (χ0n) is 10.3. The average molecular weight is 286 g/mol. The van der Waals surface area contributed by atoms with E-state index in [9.17, 15) is 14.9 Å². The third-order valence-corrected chi connectivity index (χ3v) is 2.77. The Morgan fingerprint density at radius 1 is 1.32 bits per heavy atom. The minimum absolute atomic E-state index is 0. The van der Waals surface area contributed by atoms with Gasteiger partial charge in [0, 0.05) is 25.2 Å². The van der Waals surface area contributed by atoms with Crippen molar-refractivity contribution in [3.05, 3.63) is 39.9 Å². The number of hydrogen-bond acceptors (Lipinski definition) is 4. The third kappa shape index (κ3) is 4.50. The van der Waals surface area contributed by atoms with Gasteiger partial charge < -0.3 is 10.6 Å². The first kappa shape index (κ1) is 15.4. The van der Waals surface area contributed by atoms with Crippen LogP contribution in [0.3, 0.4) is 0 Å². The highest BCUT2D eigenvalue weighted by atomic mass is 35.5. The molecule has 0 bridgehead atoms. The van der Waals surface area contributed by atoms with Gasteiger partial charge in [-0.25, -0.2) is 0 Å². The number of halogens is 1. The molecule has 1 amide bonds. The van der Waals surface area contributed by atoms with Gasteiger partial charge in [-0.3, -0.25) is 14.9 Å². The number of carbonyl (C=O) groups is 1. The average Bonchev–Trinajstić information content (AvgIpc) is 3.18. The molecule has 1 aromatic rings. The lowest BCUT2D eigenvalue weighted by atomic mass is 10.1. The van der Waals surface area contributed by atoms with E-state index in [1.807, 2.05) is 0 Å². The second kappa shape index (κ2) is 7.06. The molecule has 0 unspecified atom stereocenters. The molecule has 1 aromatic carbocycles. The zero-order chi connectivity index (χ0) is 13.0. The number of hydrogen-bond donors (Lipinski definition) is 2. The smallest absolute Gasteiger partial charge is 0.282 e. The second-order valence-corrected chi connectivity index (χ2v) is 4.26. The number of amides is 1. The predicted octanol–water partition coefficient (Wildman–Crippen LogP) is 1.50. The Bertz CT molecular complexity index is 463. The number of para-hydroxylation sites is 1. The topological polar surface area (TPSA) is 84.3 Å². The van der Waals surface area contributed by atoms with Crippen molar-refractivity contribution in [2.45, 2.75) is 18.9 Å². The summed E-state index contributed by atoms with van der Waals surface area (Å²) in [6, 6.07) is 6.54. The van der Waals surface area contributed by atoms with Crippen molar-refractivity contribution < 1.29 is 9.72 Å². The zero-order valence-corrected chi connectivity index (χ0v) is 11.1. The van der Waals surface area contributed by atoms with Crippen LogP contribution >= 0.6 is 12.4 Å². The van der Waals surface area contributed by atoms with E-state index in [1.165, 1.54) is 25.0 Å². The van der Waals surface area contributed by atoms with Gasteiger partial charge in [0.25, 0.3) is 11.6 Å². The SMILES string of the molecule is Cl.O=C(NCCNC1CC1)c1ccccc1[N+](=O)[O-]. The maximum Gasteiger partial charge on any atom is 0.282 e. The van der Waals surface area contributed by atoms with Crippen LogP contribution in [0.4, 0.5) is 5.69 Å². The largest absolute Gasteiger partial charge is 0.351 e. The molecular formula is C12H16ClN3O3. The molecule has 0 aromatic heterocycles. The number of nitrogens with one attached hydrogen (secondary N) is 2. The molecule has 0 saturated heterocycles. The standard InChI is InChI=1S/C12H15N3O3.ClH/c16-12(14-8-7-13-9-5-6-9)10-3-1-2-4-11(10)15(17)18;/h1-4,9,13H,5-8H2,(H,14,16);1H. The molecule has 2 rings (SSSR count). The quantitative estimate of drug-likeness (QED) is 0.471. The van der Waals surface area contributed by atoms with E-state index in [0.717, 1.165) is 0 Å². The summed E-state index contributed by atoms with van der Waals surface area (Å²) < 4.78 is 0. The number of rotatable bonds is 6. The Labute approximate surface area is 117 Å². The first-order valence-corrected chi connectivity index (χ1v) is 5.93. The van der Waals surface area contributed by atoms with Gasteiger partial charge >= 0.3 is 0 Å². The van der Waals surface area contributed by atoms with Crippen molar-refractivity contribution in [3.8, 4) is 0 Å². The molecule has 0 radical (unpaired) electrons. The maximum absolute atomic E-state index is 11.8. The van der Waals surface area contributed by atoms with Crippen molar-refractivity contribution in [1.29, 1.82) is 0 Å². The summed E-state index contributed by atoms with van der Waals surface area (Å²) in [7, 11) is 0. The van der Waals surface area contributed by atoms with Crippen LogP contribution in [0.5, 0.6) is 0 Å². The van der Waals surface area contributed by atoms with Crippen LogP contribution in [0.15, 0.2) is 24.3 Å². The first-order chi connectivity index (χ1) is 8.68. The lowest BCUT2D eigenvalue weighted by molar-refractivity contribution is -0.385. The van der Waals surface area contributed by atoms with Crippen LogP contribution in [0, 0.1) is 10.1 Å². The number of benzene rings is 1. The highest BCUT2D eigenvalue weighted by Gasteiger charge is 2.21. The molecule has 0 aliphatic heterocycles. The molecule has 0 atom stereocenters. The molecule has 2 N–H and O–H groups in total. The summed E-state index contributed by atoms with van der Waals surface area (Å²) in [6.45, 7) is 1.17. The van der Waals surface area contributed by atoms with Crippen LogP contribution in [0.2, 0.25) is 0 Å². The van der Waals surface area contributed by atoms with Gasteiger partial charge in [-0.05, 0) is 18.9 Å². The third-order valence-electron chi connectivity index (χ3n) is 2.77. The monoisotopic (exact) mass is 285 g/mol. The van der Waals surface area contributed by atoms with Crippen molar-refractivity contribution in [2.75, 3.05) is 13.1 Å². The van der Waals surface area contributed by atoms with Crippen LogP contribution in [0.25, 0.3) is 0 Å². The van der Waals surface area contributed by atoms with E-state index in [2.05, 4.69) is 10.6 Å². The van der Waals surface area contributed by atoms with E-state index in [0.29, 0.717) is 19.1 Å². The van der Waals surface area contributed by atoms with Crippen molar-refractivity contribution >= 4 is 24.0 Å². The Morgan fingerprint density at radius 3 is 2.63 bits per heavy atom. The van der Waals surface area contributed by atoms with Gasteiger partial charge in [0.05, 0.1) is 4.92 Å². The first-order valence-electron chi connectivity index (χ1n) is 5.93. The number of nitro groups is 1. The van der Waals surface area contributed by atoms with Gasteiger partial charge in [0.2, 0.25) is 0 Å². The molecule has 6 nitrogen and oxygen atoms in total. The molecule has 0 spiro atoms. The maximum atomic E-state index is 11.8. The molecule has 1 fully saturated rings. The van der Waals surface area contributed by atoms with E-state index >= 15 is 0 Å². The highest BCUT2D eigenvalue weighted by Crippen LogP contribution is 2.18. The summed E-state index contributed by atoms with van der Waals surface area (Å²) in [5, 5.41) is 16.7. The fraction of sp³-hybridized carbons (Fsp3) is 0.417. The fourth-order valence-corrected chi connectivity index (χ4v) is 1.66. The molecular weight excluding hydrogens is 270 g/mol. The van der Waals surface area contributed by atoms with E-state index < -0.39 is 10.8 Å². The Morgan fingerprint density at radius 2 is 2.00 bits per heavy atom. The lowest BCUT2D eigenvalue weighted by Gasteiger charge is -2.06. The van der Waals surface area contributed by atoms with Gasteiger partial charge in [-0.1, -0.05) is 12.1 Å². The molecule has 7 heteroatoms. The van der Waals surface area contributed by atoms with Crippen LogP contribution in [0.1, 0.15) is 23.2 Å². The predicted molar refractivity (Wildman–Crippen MR) is 73.7 cm³/mol. The minimum atomic E-state index is -0.544. The molecule has 19 heavy (non-hydrogen) atoms. The van der Waals surface area contributed by atoms with Crippen molar-refractivity contribution in [2.24, 2.45) is 0 Å². The molecule has 1 aliphatic carbocycles. The summed E-state index contributed by atoms with van der Waals surface area (Å²) in [5.41, 5.74) is -0.0564. The number of carbonyl (C=O) groups excluding carboxylic acids is 1. The summed E-state index contributed by atoms with van der Waals surface area (Å²) in [6.07, 6.45) is 2.39. The Balaban J connectivity index is 0.00000180. The number of nitro benzene ring substituents is 1. The summed E-state index contributed by atoms with van der Waals surface area (Å²) >= 11 is 0. The van der Waals surface area contributed by atoms with Crippen molar-refractivity contribution in [3.63, 3.8) is 0 Å². The normalized spacial score (nSPS) is 13.5. The molecule has 0 heterocycles. The fourth-order valence-electron chi connectivity index (χ4n) is 1.66.